The fraction of sp³-hybridized carbons (Fsp3) is 0.769. The highest BCUT2D eigenvalue weighted by molar-refractivity contribution is 5.91. The van der Waals surface area contributed by atoms with Gasteiger partial charge < -0.3 is 10.2 Å². The van der Waals surface area contributed by atoms with Crippen LogP contribution >= 0.6 is 12.4 Å². The minimum Gasteiger partial charge on any atom is -0.340 e. The van der Waals surface area contributed by atoms with Gasteiger partial charge in [0.2, 0.25) is 0 Å². The standard InChI is InChI=1S/C13H23N5O.ClH/c1-3-4-9-17(2)13(19)12-10-18(16-15-12)11-5-7-14-8-6-11;/h10-11,14H,3-9H2,1-2H3;1H. The van der Waals surface area contributed by atoms with Gasteiger partial charge in [-0.2, -0.15) is 0 Å². The predicted molar refractivity (Wildman–Crippen MR) is 80.3 cm³/mol. The quantitative estimate of drug-likeness (QED) is 0.895. The van der Waals surface area contributed by atoms with E-state index in [0.717, 1.165) is 45.3 Å². The number of nitrogens with zero attached hydrogens (tertiary/aromatic N) is 4. The summed E-state index contributed by atoms with van der Waals surface area (Å²) in [6, 6.07) is 0.372. The average molecular weight is 302 g/mol. The van der Waals surface area contributed by atoms with E-state index in [1.165, 1.54) is 0 Å². The highest BCUT2D eigenvalue weighted by Gasteiger charge is 2.20. The molecule has 0 bridgehead atoms. The predicted octanol–water partition coefficient (Wildman–Crippen LogP) is 1.50. The number of nitrogens with one attached hydrogen (secondary N) is 1. The number of carbonyl (C=O) groups is 1. The van der Waals surface area contributed by atoms with Gasteiger partial charge in [0.25, 0.3) is 5.91 Å². The molecule has 6 nitrogen and oxygen atoms in total. The Morgan fingerprint density at radius 1 is 1.50 bits per heavy atom. The van der Waals surface area contributed by atoms with Crippen molar-refractivity contribution in [2.75, 3.05) is 26.7 Å². The molecule has 20 heavy (non-hydrogen) atoms. The molecule has 1 aromatic rings. The Hall–Kier alpha value is -1.14. The van der Waals surface area contributed by atoms with Crippen molar-refractivity contribution in [2.45, 2.75) is 38.6 Å². The molecular weight excluding hydrogens is 278 g/mol. The van der Waals surface area contributed by atoms with Crippen molar-refractivity contribution in [3.8, 4) is 0 Å². The number of hydrogen-bond donors (Lipinski definition) is 1. The van der Waals surface area contributed by atoms with Crippen molar-refractivity contribution in [3.63, 3.8) is 0 Å². The molecule has 1 aromatic heterocycles. The second kappa shape index (κ2) is 8.21. The van der Waals surface area contributed by atoms with Crippen LogP contribution in [-0.4, -0.2) is 52.5 Å². The van der Waals surface area contributed by atoms with E-state index in [2.05, 4.69) is 22.6 Å². The van der Waals surface area contributed by atoms with Crippen molar-refractivity contribution in [2.24, 2.45) is 0 Å². The van der Waals surface area contributed by atoms with Gasteiger partial charge in [0.15, 0.2) is 5.69 Å². The molecule has 0 saturated carbocycles. The summed E-state index contributed by atoms with van der Waals surface area (Å²) in [7, 11) is 1.82. The van der Waals surface area contributed by atoms with Crippen LogP contribution in [0.25, 0.3) is 0 Å². The Kier molecular flexibility index (Phi) is 6.95. The van der Waals surface area contributed by atoms with Gasteiger partial charge in [-0.25, -0.2) is 4.68 Å². The van der Waals surface area contributed by atoms with Gasteiger partial charge in [-0.05, 0) is 32.4 Å². The molecule has 0 atom stereocenters. The van der Waals surface area contributed by atoms with Crippen molar-refractivity contribution in [3.05, 3.63) is 11.9 Å². The van der Waals surface area contributed by atoms with E-state index in [-0.39, 0.29) is 18.3 Å². The van der Waals surface area contributed by atoms with E-state index >= 15 is 0 Å². The average Bonchev–Trinajstić information content (AvgIpc) is 2.94. The van der Waals surface area contributed by atoms with Crippen LogP contribution in [0.2, 0.25) is 0 Å². The second-order valence-corrected chi connectivity index (χ2v) is 5.15. The van der Waals surface area contributed by atoms with Gasteiger partial charge in [0, 0.05) is 13.6 Å². The third-order valence-electron chi connectivity index (χ3n) is 3.61. The summed E-state index contributed by atoms with van der Waals surface area (Å²) in [6.45, 7) is 4.90. The minimum absolute atomic E-state index is 0. The largest absolute Gasteiger partial charge is 0.340 e. The fourth-order valence-electron chi connectivity index (χ4n) is 2.32. The molecule has 1 amide bonds. The Balaban J connectivity index is 0.00000200. The first-order chi connectivity index (χ1) is 9.22. The first-order valence-electron chi connectivity index (χ1n) is 7.10. The monoisotopic (exact) mass is 301 g/mol. The van der Waals surface area contributed by atoms with E-state index in [0.29, 0.717) is 11.7 Å². The van der Waals surface area contributed by atoms with E-state index in [1.54, 1.807) is 11.1 Å². The molecular formula is C13H24ClN5O. The third kappa shape index (κ3) is 4.18. The van der Waals surface area contributed by atoms with Gasteiger partial charge >= 0.3 is 0 Å². The number of piperidine rings is 1. The topological polar surface area (TPSA) is 63.1 Å². The molecule has 0 aliphatic carbocycles. The van der Waals surface area contributed by atoms with Crippen molar-refractivity contribution >= 4 is 18.3 Å². The van der Waals surface area contributed by atoms with Gasteiger partial charge in [-0.15, -0.1) is 17.5 Å². The molecule has 1 aliphatic heterocycles. The lowest BCUT2D eigenvalue weighted by atomic mass is 10.1. The Labute approximate surface area is 126 Å². The van der Waals surface area contributed by atoms with E-state index < -0.39 is 0 Å². The number of halogens is 1. The Bertz CT molecular complexity index is 417. The van der Waals surface area contributed by atoms with Gasteiger partial charge in [-0.1, -0.05) is 18.6 Å². The maximum Gasteiger partial charge on any atom is 0.275 e. The molecule has 0 unspecified atom stereocenters. The first-order valence-corrected chi connectivity index (χ1v) is 7.10. The van der Waals surface area contributed by atoms with Crippen LogP contribution in [-0.2, 0) is 0 Å². The van der Waals surface area contributed by atoms with E-state index in [4.69, 9.17) is 0 Å². The lowest BCUT2D eigenvalue weighted by molar-refractivity contribution is 0.0787. The smallest absolute Gasteiger partial charge is 0.275 e. The molecule has 1 fully saturated rings. The van der Waals surface area contributed by atoms with Crippen LogP contribution in [0.5, 0.6) is 0 Å². The maximum atomic E-state index is 12.1. The Morgan fingerprint density at radius 2 is 2.20 bits per heavy atom. The summed E-state index contributed by atoms with van der Waals surface area (Å²) in [4.78, 5) is 13.9. The SMILES string of the molecule is CCCCN(C)C(=O)c1cn(C2CCNCC2)nn1.Cl. The molecule has 7 heteroatoms. The number of carbonyl (C=O) groups excluding carboxylic acids is 1. The first kappa shape index (κ1) is 16.9. The molecule has 1 saturated heterocycles. The summed E-state index contributed by atoms with van der Waals surface area (Å²) in [5.74, 6) is -0.0337. The summed E-state index contributed by atoms with van der Waals surface area (Å²) >= 11 is 0. The molecule has 1 N–H and O–H groups in total. The third-order valence-corrected chi connectivity index (χ3v) is 3.61. The lowest BCUT2D eigenvalue weighted by Crippen LogP contribution is -2.30. The molecule has 0 spiro atoms. The molecule has 2 rings (SSSR count). The normalized spacial score (nSPS) is 15.7. The number of hydrogen-bond acceptors (Lipinski definition) is 4. The molecule has 0 aromatic carbocycles. The lowest BCUT2D eigenvalue weighted by Gasteiger charge is -2.22. The summed E-state index contributed by atoms with van der Waals surface area (Å²) in [5, 5.41) is 11.5. The zero-order valence-electron chi connectivity index (χ0n) is 12.2. The highest BCUT2D eigenvalue weighted by atomic mass is 35.5. The highest BCUT2D eigenvalue weighted by Crippen LogP contribution is 2.17. The minimum atomic E-state index is -0.0337. The fourth-order valence-corrected chi connectivity index (χ4v) is 2.32. The van der Waals surface area contributed by atoms with Gasteiger partial charge in [0.1, 0.15) is 0 Å². The van der Waals surface area contributed by atoms with Crippen LogP contribution in [0, 0.1) is 0 Å². The number of aromatic nitrogens is 3. The van der Waals surface area contributed by atoms with Crippen LogP contribution in [0.3, 0.4) is 0 Å². The van der Waals surface area contributed by atoms with Crippen molar-refractivity contribution in [1.29, 1.82) is 0 Å². The van der Waals surface area contributed by atoms with Crippen LogP contribution in [0.4, 0.5) is 0 Å². The zero-order chi connectivity index (χ0) is 13.7. The van der Waals surface area contributed by atoms with Gasteiger partial charge in [0.05, 0.1) is 12.2 Å². The zero-order valence-corrected chi connectivity index (χ0v) is 13.0. The van der Waals surface area contributed by atoms with Crippen LogP contribution < -0.4 is 5.32 Å². The van der Waals surface area contributed by atoms with Crippen molar-refractivity contribution in [1.82, 2.24) is 25.2 Å². The molecule has 2 heterocycles. The molecule has 0 radical (unpaired) electrons. The maximum absolute atomic E-state index is 12.1. The van der Waals surface area contributed by atoms with E-state index in [9.17, 15) is 4.79 Å². The Morgan fingerprint density at radius 3 is 2.85 bits per heavy atom. The number of unbranched alkanes of at least 4 members (excludes halogenated alkanes) is 1. The van der Waals surface area contributed by atoms with Crippen LogP contribution in [0.15, 0.2) is 6.20 Å². The second-order valence-electron chi connectivity index (χ2n) is 5.15. The summed E-state index contributed by atoms with van der Waals surface area (Å²) in [5.41, 5.74) is 0.456. The summed E-state index contributed by atoms with van der Waals surface area (Å²) in [6.07, 6.45) is 5.98. The van der Waals surface area contributed by atoms with Crippen molar-refractivity contribution < 1.29 is 4.79 Å². The van der Waals surface area contributed by atoms with E-state index in [1.807, 2.05) is 11.7 Å². The number of rotatable bonds is 5. The number of amides is 1. The molecule has 1 aliphatic rings. The van der Waals surface area contributed by atoms with Crippen LogP contribution in [0.1, 0.15) is 49.1 Å². The molecule has 114 valence electrons. The summed E-state index contributed by atoms with van der Waals surface area (Å²) < 4.78 is 1.85. The van der Waals surface area contributed by atoms with Gasteiger partial charge in [-0.3, -0.25) is 4.79 Å².